The Kier molecular flexibility index (Phi) is 2.41. The van der Waals surface area contributed by atoms with Gasteiger partial charge in [-0.1, -0.05) is 6.07 Å². The molecule has 0 radical (unpaired) electrons. The Balaban J connectivity index is 2.25. The molecule has 1 heterocycles. The largest absolute Gasteiger partial charge is 0.508 e. The minimum atomic E-state index is 0.108. The van der Waals surface area contributed by atoms with E-state index in [4.69, 9.17) is 0 Å². The molecule has 0 spiro atoms. The average molecular weight is 206 g/mol. The summed E-state index contributed by atoms with van der Waals surface area (Å²) in [6.45, 7) is 0. The van der Waals surface area contributed by atoms with E-state index in [-0.39, 0.29) is 11.5 Å². The van der Waals surface area contributed by atoms with Crippen LogP contribution >= 0.6 is 11.3 Å². The lowest BCUT2D eigenvalue weighted by atomic mass is 10.1. The monoisotopic (exact) mass is 206 g/mol. The summed E-state index contributed by atoms with van der Waals surface area (Å²) in [5.41, 5.74) is 0.921. The molecule has 0 aliphatic heterocycles. The van der Waals surface area contributed by atoms with Crippen molar-refractivity contribution in [2.24, 2.45) is 0 Å². The summed E-state index contributed by atoms with van der Waals surface area (Å²) in [4.78, 5) is 1.22. The van der Waals surface area contributed by atoms with E-state index in [0.29, 0.717) is 0 Å². The predicted molar refractivity (Wildman–Crippen MR) is 56.9 cm³/mol. The first-order valence-electron chi connectivity index (χ1n) is 4.28. The van der Waals surface area contributed by atoms with Gasteiger partial charge in [0.05, 0.1) is 0 Å². The van der Waals surface area contributed by atoms with Crippen molar-refractivity contribution in [3.63, 3.8) is 0 Å². The van der Waals surface area contributed by atoms with Crippen LogP contribution in [0.5, 0.6) is 11.5 Å². The number of phenols is 2. The topological polar surface area (TPSA) is 40.5 Å². The molecule has 0 atom stereocenters. The number of phenolic OH excluding ortho intramolecular Hbond substituents is 2. The van der Waals surface area contributed by atoms with Gasteiger partial charge in [0.15, 0.2) is 0 Å². The van der Waals surface area contributed by atoms with Crippen molar-refractivity contribution in [3.8, 4) is 11.5 Å². The van der Waals surface area contributed by atoms with Gasteiger partial charge in [0, 0.05) is 17.4 Å². The third-order valence-corrected chi connectivity index (χ3v) is 2.80. The van der Waals surface area contributed by atoms with E-state index in [1.54, 1.807) is 23.5 Å². The van der Waals surface area contributed by atoms with E-state index in [1.807, 2.05) is 17.5 Å². The summed E-state index contributed by atoms with van der Waals surface area (Å²) >= 11 is 1.67. The van der Waals surface area contributed by atoms with Crippen LogP contribution in [0.25, 0.3) is 0 Å². The fourth-order valence-electron chi connectivity index (χ4n) is 1.37. The number of hydrogen-bond donors (Lipinski definition) is 2. The molecule has 72 valence electrons. The van der Waals surface area contributed by atoms with Gasteiger partial charge in [0.25, 0.3) is 0 Å². The van der Waals surface area contributed by atoms with Gasteiger partial charge in [-0.25, -0.2) is 0 Å². The van der Waals surface area contributed by atoms with E-state index in [1.165, 1.54) is 10.9 Å². The van der Waals surface area contributed by atoms with E-state index in [2.05, 4.69) is 0 Å². The highest BCUT2D eigenvalue weighted by Crippen LogP contribution is 2.23. The van der Waals surface area contributed by atoms with Gasteiger partial charge in [0.2, 0.25) is 0 Å². The van der Waals surface area contributed by atoms with E-state index in [9.17, 15) is 10.2 Å². The lowest BCUT2D eigenvalue weighted by molar-refractivity contribution is 0.449. The number of rotatable bonds is 2. The molecule has 2 N–H and O–H groups in total. The zero-order valence-electron chi connectivity index (χ0n) is 7.47. The van der Waals surface area contributed by atoms with Gasteiger partial charge in [-0.3, -0.25) is 0 Å². The molecule has 1 aromatic heterocycles. The first kappa shape index (κ1) is 9.09. The second-order valence-electron chi connectivity index (χ2n) is 3.11. The minimum absolute atomic E-state index is 0.108. The molecule has 14 heavy (non-hydrogen) atoms. The molecule has 3 heteroatoms. The zero-order valence-corrected chi connectivity index (χ0v) is 8.29. The Morgan fingerprint density at radius 3 is 2.36 bits per heavy atom. The van der Waals surface area contributed by atoms with Crippen LogP contribution < -0.4 is 0 Å². The van der Waals surface area contributed by atoms with Gasteiger partial charge >= 0.3 is 0 Å². The van der Waals surface area contributed by atoms with Crippen molar-refractivity contribution in [2.45, 2.75) is 6.42 Å². The molecule has 0 aliphatic rings. The summed E-state index contributed by atoms with van der Waals surface area (Å²) in [6.07, 6.45) is 0.750. The smallest absolute Gasteiger partial charge is 0.119 e. The maximum atomic E-state index is 9.27. The molecule has 0 bridgehead atoms. The molecule has 2 nitrogen and oxygen atoms in total. The van der Waals surface area contributed by atoms with Crippen LogP contribution in [0, 0.1) is 0 Å². The lowest BCUT2D eigenvalue weighted by Crippen LogP contribution is -1.83. The van der Waals surface area contributed by atoms with E-state index >= 15 is 0 Å². The summed E-state index contributed by atoms with van der Waals surface area (Å²) in [5, 5.41) is 20.5. The molecule has 0 aliphatic carbocycles. The highest BCUT2D eigenvalue weighted by atomic mass is 32.1. The SMILES string of the molecule is Oc1cc(O)cc(Cc2cccs2)c1. The van der Waals surface area contributed by atoms with Crippen LogP contribution in [0.3, 0.4) is 0 Å². The molecule has 2 aromatic rings. The Morgan fingerprint density at radius 2 is 1.79 bits per heavy atom. The molecule has 0 saturated heterocycles. The average Bonchev–Trinajstić information content (AvgIpc) is 2.54. The highest BCUT2D eigenvalue weighted by Gasteiger charge is 2.01. The Hall–Kier alpha value is -1.48. The second-order valence-corrected chi connectivity index (χ2v) is 4.15. The quantitative estimate of drug-likeness (QED) is 0.793. The van der Waals surface area contributed by atoms with E-state index in [0.717, 1.165) is 12.0 Å². The van der Waals surface area contributed by atoms with Crippen LogP contribution in [0.1, 0.15) is 10.4 Å². The molecule has 0 unspecified atom stereocenters. The number of aromatic hydroxyl groups is 2. The maximum absolute atomic E-state index is 9.27. The number of benzene rings is 1. The van der Waals surface area contributed by atoms with Gasteiger partial charge in [-0.15, -0.1) is 11.3 Å². The van der Waals surface area contributed by atoms with Gasteiger partial charge in [-0.05, 0) is 29.1 Å². The van der Waals surface area contributed by atoms with E-state index < -0.39 is 0 Å². The summed E-state index contributed by atoms with van der Waals surface area (Å²) < 4.78 is 0. The molecular formula is C11H10O2S. The van der Waals surface area contributed by atoms with Crippen LogP contribution in [-0.2, 0) is 6.42 Å². The molecular weight excluding hydrogens is 196 g/mol. The third kappa shape index (κ3) is 2.06. The van der Waals surface area contributed by atoms with Crippen LogP contribution in [0.15, 0.2) is 35.7 Å². The lowest BCUT2D eigenvalue weighted by Gasteiger charge is -2.01. The molecule has 0 saturated carbocycles. The highest BCUT2D eigenvalue weighted by molar-refractivity contribution is 7.09. The second kappa shape index (κ2) is 3.72. The minimum Gasteiger partial charge on any atom is -0.508 e. The molecule has 0 fully saturated rings. The van der Waals surface area contributed by atoms with Crippen molar-refractivity contribution in [2.75, 3.05) is 0 Å². The molecule has 0 amide bonds. The first-order chi connectivity index (χ1) is 6.74. The number of hydrogen-bond acceptors (Lipinski definition) is 3. The van der Waals surface area contributed by atoms with Crippen molar-refractivity contribution in [1.29, 1.82) is 0 Å². The van der Waals surface area contributed by atoms with Gasteiger partial charge in [0.1, 0.15) is 11.5 Å². The standard InChI is InChI=1S/C11H10O2S/c12-9-4-8(5-10(13)7-9)6-11-2-1-3-14-11/h1-5,7,12-13H,6H2. The first-order valence-corrected chi connectivity index (χ1v) is 5.16. The summed E-state index contributed by atoms with van der Waals surface area (Å²) in [6, 6.07) is 8.69. The van der Waals surface area contributed by atoms with Crippen molar-refractivity contribution >= 4 is 11.3 Å². The molecule has 2 rings (SSSR count). The molecule has 1 aromatic carbocycles. The fourth-order valence-corrected chi connectivity index (χ4v) is 2.11. The summed E-state index contributed by atoms with van der Waals surface area (Å²) in [7, 11) is 0. The number of thiophene rings is 1. The maximum Gasteiger partial charge on any atom is 0.119 e. The summed E-state index contributed by atoms with van der Waals surface area (Å²) in [5.74, 6) is 0.216. The fraction of sp³-hybridized carbons (Fsp3) is 0.0909. The van der Waals surface area contributed by atoms with Crippen molar-refractivity contribution < 1.29 is 10.2 Å². The van der Waals surface area contributed by atoms with Crippen LogP contribution in [-0.4, -0.2) is 10.2 Å². The zero-order chi connectivity index (χ0) is 9.97. The van der Waals surface area contributed by atoms with Crippen molar-refractivity contribution in [1.82, 2.24) is 0 Å². The normalized spacial score (nSPS) is 10.3. The van der Waals surface area contributed by atoms with Gasteiger partial charge in [-0.2, -0.15) is 0 Å². The predicted octanol–water partition coefficient (Wildman–Crippen LogP) is 2.75. The Morgan fingerprint density at radius 1 is 1.07 bits per heavy atom. The van der Waals surface area contributed by atoms with Gasteiger partial charge < -0.3 is 10.2 Å². The Bertz CT molecular complexity index is 401. The van der Waals surface area contributed by atoms with Crippen LogP contribution in [0.4, 0.5) is 0 Å². The Labute approximate surface area is 86.1 Å². The van der Waals surface area contributed by atoms with Crippen molar-refractivity contribution in [3.05, 3.63) is 46.2 Å². The third-order valence-electron chi connectivity index (χ3n) is 1.92. The van der Waals surface area contributed by atoms with Crippen LogP contribution in [0.2, 0.25) is 0 Å².